The van der Waals surface area contributed by atoms with Crippen molar-refractivity contribution in [2.45, 2.75) is 81.8 Å². The molecule has 2 nitrogen and oxygen atoms in total. The fraction of sp³-hybridized carbons (Fsp3) is 0.944. The van der Waals surface area contributed by atoms with Crippen molar-refractivity contribution in [3.63, 3.8) is 0 Å². The van der Waals surface area contributed by atoms with Gasteiger partial charge in [0.05, 0.1) is 5.41 Å². The zero-order valence-electron chi connectivity index (χ0n) is 15.3. The number of hydrogen-bond donors (Lipinski definition) is 0. The summed E-state index contributed by atoms with van der Waals surface area (Å²) in [5, 5.41) is 0. The van der Waals surface area contributed by atoms with E-state index in [1.807, 2.05) is 0 Å². The Labute approximate surface area is 126 Å². The highest BCUT2D eigenvalue weighted by Gasteiger charge is 2.42. The number of hydrogen-bond acceptors (Lipinski definition) is 2. The molecule has 0 rings (SSSR count). The van der Waals surface area contributed by atoms with Gasteiger partial charge in [0, 0.05) is 0 Å². The van der Waals surface area contributed by atoms with E-state index < -0.39 is 5.41 Å². The van der Waals surface area contributed by atoms with Crippen LogP contribution < -0.4 is 0 Å². The third-order valence-corrected chi connectivity index (χ3v) is 4.27. The van der Waals surface area contributed by atoms with Crippen LogP contribution in [-0.4, -0.2) is 12.1 Å². The quantitative estimate of drug-likeness (QED) is 0.618. The SMILES string of the molecule is CC(C)CC(C)(C(=O)OC(C(C)C)C(C)(C)C)C(C)C. The van der Waals surface area contributed by atoms with Crippen LogP contribution in [0.15, 0.2) is 0 Å². The lowest BCUT2D eigenvalue weighted by atomic mass is 9.73. The molecular formula is C18H36O2. The van der Waals surface area contributed by atoms with E-state index in [-0.39, 0.29) is 23.4 Å². The molecule has 0 spiro atoms. The lowest BCUT2D eigenvalue weighted by Crippen LogP contribution is -2.43. The Morgan fingerprint density at radius 2 is 1.40 bits per heavy atom. The molecule has 20 heavy (non-hydrogen) atoms. The van der Waals surface area contributed by atoms with E-state index >= 15 is 0 Å². The van der Waals surface area contributed by atoms with Gasteiger partial charge in [-0.2, -0.15) is 0 Å². The maximum atomic E-state index is 12.8. The van der Waals surface area contributed by atoms with Crippen LogP contribution in [0.5, 0.6) is 0 Å². The lowest BCUT2D eigenvalue weighted by molar-refractivity contribution is -0.174. The molecule has 0 aromatic heterocycles. The van der Waals surface area contributed by atoms with Crippen LogP contribution in [0.3, 0.4) is 0 Å². The highest BCUT2D eigenvalue weighted by Crippen LogP contribution is 2.38. The molecule has 2 heteroatoms. The monoisotopic (exact) mass is 284 g/mol. The molecule has 0 bridgehead atoms. The van der Waals surface area contributed by atoms with E-state index in [9.17, 15) is 4.79 Å². The summed E-state index contributed by atoms with van der Waals surface area (Å²) in [6, 6.07) is 0. The smallest absolute Gasteiger partial charge is 0.312 e. The molecule has 0 aliphatic rings. The van der Waals surface area contributed by atoms with Gasteiger partial charge in [-0.3, -0.25) is 4.79 Å². The molecule has 0 radical (unpaired) electrons. The van der Waals surface area contributed by atoms with E-state index in [0.29, 0.717) is 11.8 Å². The van der Waals surface area contributed by atoms with Gasteiger partial charge in [-0.05, 0) is 36.5 Å². The maximum Gasteiger partial charge on any atom is 0.312 e. The van der Waals surface area contributed by atoms with Crippen molar-refractivity contribution in [1.29, 1.82) is 0 Å². The first-order valence-corrected chi connectivity index (χ1v) is 8.03. The van der Waals surface area contributed by atoms with Gasteiger partial charge in [-0.15, -0.1) is 0 Å². The van der Waals surface area contributed by atoms with Crippen LogP contribution >= 0.6 is 0 Å². The zero-order chi connectivity index (χ0) is 16.3. The standard InChI is InChI=1S/C18H36O2/c1-12(2)11-18(10,14(5)6)16(19)20-15(13(3)4)17(7,8)9/h12-15H,11H2,1-10H3. The highest BCUT2D eigenvalue weighted by atomic mass is 16.5. The van der Waals surface area contributed by atoms with Gasteiger partial charge in [0.25, 0.3) is 0 Å². The molecule has 2 unspecified atom stereocenters. The van der Waals surface area contributed by atoms with Gasteiger partial charge >= 0.3 is 5.97 Å². The third kappa shape index (κ3) is 5.10. The fourth-order valence-corrected chi connectivity index (χ4v) is 2.97. The summed E-state index contributed by atoms with van der Waals surface area (Å²) in [4.78, 5) is 12.8. The van der Waals surface area contributed by atoms with E-state index in [0.717, 1.165) is 6.42 Å². The van der Waals surface area contributed by atoms with Crippen molar-refractivity contribution in [2.75, 3.05) is 0 Å². The molecule has 0 amide bonds. The number of esters is 1. The van der Waals surface area contributed by atoms with E-state index in [4.69, 9.17) is 4.74 Å². The summed E-state index contributed by atoms with van der Waals surface area (Å²) >= 11 is 0. The predicted octanol–water partition coefficient (Wildman–Crippen LogP) is 5.31. The summed E-state index contributed by atoms with van der Waals surface area (Å²) in [6.45, 7) is 21.3. The lowest BCUT2D eigenvalue weighted by Gasteiger charge is -2.39. The van der Waals surface area contributed by atoms with Crippen LogP contribution in [-0.2, 0) is 9.53 Å². The Bertz CT molecular complexity index is 310. The number of rotatable bonds is 6. The molecule has 0 aromatic rings. The minimum absolute atomic E-state index is 0.0282. The molecule has 0 aromatic carbocycles. The minimum atomic E-state index is -0.396. The predicted molar refractivity (Wildman–Crippen MR) is 86.6 cm³/mol. The second kappa shape index (κ2) is 6.95. The highest BCUT2D eigenvalue weighted by molar-refractivity contribution is 5.77. The fourth-order valence-electron chi connectivity index (χ4n) is 2.97. The Hall–Kier alpha value is -0.530. The van der Waals surface area contributed by atoms with Crippen molar-refractivity contribution in [3.05, 3.63) is 0 Å². The summed E-state index contributed by atoms with van der Waals surface area (Å²) in [7, 11) is 0. The zero-order valence-corrected chi connectivity index (χ0v) is 15.3. The van der Waals surface area contributed by atoms with Crippen LogP contribution in [0.2, 0.25) is 0 Å². The van der Waals surface area contributed by atoms with Gasteiger partial charge in [0.15, 0.2) is 0 Å². The molecule has 2 atom stereocenters. The van der Waals surface area contributed by atoms with Crippen molar-refractivity contribution in [2.24, 2.45) is 28.6 Å². The van der Waals surface area contributed by atoms with Crippen LogP contribution in [0, 0.1) is 28.6 Å². The summed E-state index contributed by atoms with van der Waals surface area (Å²) in [5.41, 5.74) is -0.425. The molecule has 0 aliphatic heterocycles. The second-order valence-electron chi connectivity index (χ2n) is 8.61. The van der Waals surface area contributed by atoms with Crippen LogP contribution in [0.4, 0.5) is 0 Å². The van der Waals surface area contributed by atoms with Gasteiger partial charge < -0.3 is 4.74 Å². The summed E-state index contributed by atoms with van der Waals surface area (Å²) in [6.07, 6.45) is 0.832. The van der Waals surface area contributed by atoms with Crippen molar-refractivity contribution < 1.29 is 9.53 Å². The number of carbonyl (C=O) groups is 1. The largest absolute Gasteiger partial charge is 0.461 e. The van der Waals surface area contributed by atoms with E-state index in [1.54, 1.807) is 0 Å². The molecule has 0 heterocycles. The van der Waals surface area contributed by atoms with Gasteiger partial charge in [0.2, 0.25) is 0 Å². The summed E-state index contributed by atoms with van der Waals surface area (Å²) in [5.74, 6) is 1.07. The first-order valence-electron chi connectivity index (χ1n) is 8.03. The van der Waals surface area contributed by atoms with Crippen molar-refractivity contribution in [1.82, 2.24) is 0 Å². The van der Waals surface area contributed by atoms with E-state index in [1.165, 1.54) is 0 Å². The minimum Gasteiger partial charge on any atom is -0.461 e. The molecule has 120 valence electrons. The Kier molecular flexibility index (Phi) is 6.77. The van der Waals surface area contributed by atoms with E-state index in [2.05, 4.69) is 69.2 Å². The first-order chi connectivity index (χ1) is 8.82. The third-order valence-electron chi connectivity index (χ3n) is 4.27. The Balaban J connectivity index is 5.19. The Morgan fingerprint density at radius 1 is 0.950 bits per heavy atom. The van der Waals surface area contributed by atoms with Gasteiger partial charge in [0.1, 0.15) is 6.10 Å². The molecule has 0 aliphatic carbocycles. The number of carbonyl (C=O) groups excluding carboxylic acids is 1. The topological polar surface area (TPSA) is 26.3 Å². The van der Waals surface area contributed by atoms with Crippen LogP contribution in [0.1, 0.15) is 75.7 Å². The van der Waals surface area contributed by atoms with Gasteiger partial charge in [-0.1, -0.05) is 62.3 Å². The molecule has 0 saturated carbocycles. The molecule has 0 saturated heterocycles. The van der Waals surface area contributed by atoms with Gasteiger partial charge in [-0.25, -0.2) is 0 Å². The van der Waals surface area contributed by atoms with Crippen LogP contribution in [0.25, 0.3) is 0 Å². The first kappa shape index (κ1) is 19.5. The molecular weight excluding hydrogens is 248 g/mol. The van der Waals surface area contributed by atoms with Crippen molar-refractivity contribution >= 4 is 5.97 Å². The number of ether oxygens (including phenoxy) is 1. The Morgan fingerprint density at radius 3 is 1.65 bits per heavy atom. The molecule has 0 N–H and O–H groups in total. The maximum absolute atomic E-state index is 12.8. The summed E-state index contributed by atoms with van der Waals surface area (Å²) < 4.78 is 5.96. The molecule has 0 fully saturated rings. The average Bonchev–Trinajstić information content (AvgIpc) is 2.21. The average molecular weight is 284 g/mol. The normalized spacial score (nSPS) is 17.4. The second-order valence-corrected chi connectivity index (χ2v) is 8.61. The van der Waals surface area contributed by atoms with Crippen molar-refractivity contribution in [3.8, 4) is 0 Å².